The molecule has 3 aromatic rings. The second-order valence-electron chi connectivity index (χ2n) is 4.88. The van der Waals surface area contributed by atoms with E-state index in [9.17, 15) is 8.42 Å². The maximum absolute atomic E-state index is 11.4. The summed E-state index contributed by atoms with van der Waals surface area (Å²) in [7, 11) is -2.26. The molecule has 2 aromatic carbocycles. The van der Waals surface area contributed by atoms with Crippen LogP contribution in [0, 0.1) is 0 Å². The van der Waals surface area contributed by atoms with Crippen molar-refractivity contribution in [3.8, 4) is 23.1 Å². The second-order valence-corrected chi connectivity index (χ2v) is 7.36. The number of ether oxygens (including phenoxy) is 1. The van der Waals surface area contributed by atoms with Crippen LogP contribution in [-0.4, -0.2) is 30.3 Å². The summed E-state index contributed by atoms with van der Waals surface area (Å²) >= 11 is 3.39. The largest absolute Gasteiger partial charge is 0.466 e. The smallest absolute Gasteiger partial charge is 0.336 e. The average molecular weight is 409 g/mol. The van der Waals surface area contributed by atoms with Gasteiger partial charge in [0.15, 0.2) is 5.82 Å². The van der Waals surface area contributed by atoms with Crippen molar-refractivity contribution in [2.24, 2.45) is 5.14 Å². The highest BCUT2D eigenvalue weighted by molar-refractivity contribution is 9.10. The molecule has 0 aliphatic carbocycles. The van der Waals surface area contributed by atoms with E-state index < -0.39 is 10.0 Å². The molecule has 0 aliphatic rings. The standard InChI is InChI=1S/C15H13BrN4O3S/c1-23-15-18-14(10-2-4-11(16)5-3-10)20(19-15)12-6-8-13(9-7-12)24(17,21)22/h2-9H,1H3,(H2,17,21,22). The minimum atomic E-state index is -3.74. The van der Waals surface area contributed by atoms with Crippen LogP contribution in [0.3, 0.4) is 0 Å². The summed E-state index contributed by atoms with van der Waals surface area (Å²) in [6.45, 7) is 0. The molecule has 3 rings (SSSR count). The van der Waals surface area contributed by atoms with Gasteiger partial charge in [-0.25, -0.2) is 18.2 Å². The van der Waals surface area contributed by atoms with Crippen LogP contribution in [0.1, 0.15) is 0 Å². The first-order chi connectivity index (χ1) is 11.4. The van der Waals surface area contributed by atoms with Crippen molar-refractivity contribution in [1.82, 2.24) is 14.8 Å². The maximum atomic E-state index is 11.4. The lowest BCUT2D eigenvalue weighted by atomic mass is 10.2. The molecule has 0 spiro atoms. The quantitative estimate of drug-likeness (QED) is 0.713. The van der Waals surface area contributed by atoms with Crippen LogP contribution in [0.15, 0.2) is 57.9 Å². The van der Waals surface area contributed by atoms with Gasteiger partial charge in [0.25, 0.3) is 0 Å². The van der Waals surface area contributed by atoms with Gasteiger partial charge in [0, 0.05) is 10.0 Å². The predicted octanol–water partition coefficient (Wildman–Crippen LogP) is 2.35. The molecule has 0 aliphatic heterocycles. The molecule has 0 bridgehead atoms. The number of rotatable bonds is 4. The average Bonchev–Trinajstić information content (AvgIpc) is 2.99. The first kappa shape index (κ1) is 16.6. The lowest BCUT2D eigenvalue weighted by Gasteiger charge is -2.06. The molecule has 0 saturated heterocycles. The number of halogens is 1. The van der Waals surface area contributed by atoms with E-state index in [1.165, 1.54) is 19.2 Å². The van der Waals surface area contributed by atoms with Gasteiger partial charge in [0.1, 0.15) is 0 Å². The molecule has 0 saturated carbocycles. The first-order valence-electron chi connectivity index (χ1n) is 6.79. The lowest BCUT2D eigenvalue weighted by molar-refractivity contribution is 0.380. The third-order valence-electron chi connectivity index (χ3n) is 3.28. The van der Waals surface area contributed by atoms with Crippen molar-refractivity contribution in [2.45, 2.75) is 4.90 Å². The van der Waals surface area contributed by atoms with Gasteiger partial charge in [0.2, 0.25) is 10.0 Å². The zero-order valence-corrected chi connectivity index (χ0v) is 15.0. The van der Waals surface area contributed by atoms with Crippen molar-refractivity contribution >= 4 is 26.0 Å². The number of nitrogens with two attached hydrogens (primary N) is 1. The van der Waals surface area contributed by atoms with Gasteiger partial charge in [-0.15, -0.1) is 5.10 Å². The van der Waals surface area contributed by atoms with Gasteiger partial charge in [0.05, 0.1) is 17.7 Å². The van der Waals surface area contributed by atoms with Gasteiger partial charge in [-0.05, 0) is 36.4 Å². The summed E-state index contributed by atoms with van der Waals surface area (Å²) in [4.78, 5) is 4.38. The van der Waals surface area contributed by atoms with Gasteiger partial charge in [-0.1, -0.05) is 28.1 Å². The maximum Gasteiger partial charge on any atom is 0.336 e. The Labute approximate surface area is 147 Å². The number of primary sulfonamides is 1. The number of hydrogen-bond acceptors (Lipinski definition) is 5. The van der Waals surface area contributed by atoms with Crippen molar-refractivity contribution in [1.29, 1.82) is 0 Å². The number of aromatic nitrogens is 3. The highest BCUT2D eigenvalue weighted by Gasteiger charge is 2.15. The molecular formula is C15H13BrN4O3S. The molecule has 0 atom stereocenters. The van der Waals surface area contributed by atoms with Crippen LogP contribution < -0.4 is 9.88 Å². The summed E-state index contributed by atoms with van der Waals surface area (Å²) in [6.07, 6.45) is 0. The molecule has 0 amide bonds. The Morgan fingerprint density at radius 1 is 1.08 bits per heavy atom. The van der Waals surface area contributed by atoms with Gasteiger partial charge >= 0.3 is 6.01 Å². The molecular weight excluding hydrogens is 396 g/mol. The fraction of sp³-hybridized carbons (Fsp3) is 0.0667. The van der Waals surface area contributed by atoms with Crippen LogP contribution in [-0.2, 0) is 10.0 Å². The molecule has 124 valence electrons. The molecule has 0 unspecified atom stereocenters. The van der Waals surface area contributed by atoms with Crippen molar-refractivity contribution in [2.75, 3.05) is 7.11 Å². The Bertz CT molecular complexity index is 967. The first-order valence-corrected chi connectivity index (χ1v) is 9.12. The Hall–Kier alpha value is -2.23. The third kappa shape index (κ3) is 3.32. The summed E-state index contributed by atoms with van der Waals surface area (Å²) in [5.41, 5.74) is 1.47. The molecule has 0 fully saturated rings. The van der Waals surface area contributed by atoms with Crippen molar-refractivity contribution in [3.63, 3.8) is 0 Å². The van der Waals surface area contributed by atoms with Crippen molar-refractivity contribution in [3.05, 3.63) is 53.0 Å². The Morgan fingerprint density at radius 3 is 2.25 bits per heavy atom. The number of hydrogen-bond donors (Lipinski definition) is 1. The highest BCUT2D eigenvalue weighted by Crippen LogP contribution is 2.25. The number of sulfonamides is 1. The minimum absolute atomic E-state index is 0.0310. The SMILES string of the molecule is COc1nc(-c2ccc(Br)cc2)n(-c2ccc(S(N)(=O)=O)cc2)n1. The summed E-state index contributed by atoms with van der Waals surface area (Å²) in [5.74, 6) is 0.572. The van der Waals surface area contributed by atoms with E-state index in [4.69, 9.17) is 9.88 Å². The van der Waals surface area contributed by atoms with Gasteiger partial charge in [-0.3, -0.25) is 0 Å². The zero-order valence-electron chi connectivity index (χ0n) is 12.5. The molecule has 0 radical (unpaired) electrons. The van der Waals surface area contributed by atoms with Crippen LogP contribution in [0.25, 0.3) is 17.1 Å². The van der Waals surface area contributed by atoms with E-state index in [1.54, 1.807) is 16.8 Å². The van der Waals surface area contributed by atoms with Crippen LogP contribution >= 0.6 is 15.9 Å². The molecule has 7 nitrogen and oxygen atoms in total. The molecule has 1 heterocycles. The Balaban J connectivity index is 2.10. The van der Waals surface area contributed by atoms with E-state index in [-0.39, 0.29) is 10.9 Å². The normalized spacial score (nSPS) is 11.5. The fourth-order valence-electron chi connectivity index (χ4n) is 2.12. The van der Waals surface area contributed by atoms with Gasteiger partial charge in [-0.2, -0.15) is 4.98 Å². The summed E-state index contributed by atoms with van der Waals surface area (Å²) < 4.78 is 30.4. The van der Waals surface area contributed by atoms with E-state index in [0.29, 0.717) is 11.5 Å². The van der Waals surface area contributed by atoms with Crippen molar-refractivity contribution < 1.29 is 13.2 Å². The number of methoxy groups -OCH3 is 1. The zero-order chi connectivity index (χ0) is 17.3. The topological polar surface area (TPSA) is 100 Å². The highest BCUT2D eigenvalue weighted by atomic mass is 79.9. The molecule has 1 aromatic heterocycles. The number of benzene rings is 2. The van der Waals surface area contributed by atoms with E-state index in [0.717, 1.165) is 10.0 Å². The lowest BCUT2D eigenvalue weighted by Crippen LogP contribution is -2.12. The molecule has 9 heteroatoms. The predicted molar refractivity (Wildman–Crippen MR) is 92.4 cm³/mol. The van der Waals surface area contributed by atoms with E-state index in [1.807, 2.05) is 24.3 Å². The van der Waals surface area contributed by atoms with E-state index in [2.05, 4.69) is 26.0 Å². The fourth-order valence-corrected chi connectivity index (χ4v) is 2.90. The molecule has 2 N–H and O–H groups in total. The van der Waals surface area contributed by atoms with Gasteiger partial charge < -0.3 is 4.74 Å². The Kier molecular flexibility index (Phi) is 4.39. The second kappa shape index (κ2) is 6.34. The van der Waals surface area contributed by atoms with Crippen LogP contribution in [0.4, 0.5) is 0 Å². The monoisotopic (exact) mass is 408 g/mol. The number of nitrogens with zero attached hydrogens (tertiary/aromatic N) is 3. The third-order valence-corrected chi connectivity index (χ3v) is 4.74. The molecule has 24 heavy (non-hydrogen) atoms. The summed E-state index contributed by atoms with van der Waals surface area (Å²) in [6, 6.07) is 13.8. The van der Waals surface area contributed by atoms with E-state index >= 15 is 0 Å². The van der Waals surface area contributed by atoms with Crippen LogP contribution in [0.5, 0.6) is 6.01 Å². The van der Waals surface area contributed by atoms with Crippen LogP contribution in [0.2, 0.25) is 0 Å². The Morgan fingerprint density at radius 2 is 1.71 bits per heavy atom. The minimum Gasteiger partial charge on any atom is -0.466 e. The summed E-state index contributed by atoms with van der Waals surface area (Å²) in [5, 5.41) is 9.40.